The third kappa shape index (κ3) is 4.65. The molecule has 1 heterocycles. The number of alkyl halides is 3. The Balaban J connectivity index is 1.83. The van der Waals surface area contributed by atoms with Crippen LogP contribution in [0.2, 0.25) is 10.0 Å². The van der Waals surface area contributed by atoms with Gasteiger partial charge in [0.2, 0.25) is 0 Å². The van der Waals surface area contributed by atoms with Crippen LogP contribution in [0.4, 0.5) is 18.9 Å². The van der Waals surface area contributed by atoms with Gasteiger partial charge in [0.05, 0.1) is 21.3 Å². The molecule has 0 fully saturated rings. The Hall–Kier alpha value is -2.53. The summed E-state index contributed by atoms with van der Waals surface area (Å²) in [6, 6.07) is 11.8. The van der Waals surface area contributed by atoms with Gasteiger partial charge in [-0.15, -0.1) is 11.3 Å². The van der Waals surface area contributed by atoms with Crippen LogP contribution in [0, 0.1) is 11.3 Å². The quantitative estimate of drug-likeness (QED) is 0.440. The monoisotopic (exact) mass is 439 g/mol. The molecule has 0 aliphatic heterocycles. The van der Waals surface area contributed by atoms with E-state index in [-0.39, 0.29) is 11.3 Å². The van der Waals surface area contributed by atoms with Crippen molar-refractivity contribution in [2.75, 3.05) is 5.32 Å². The van der Waals surface area contributed by atoms with Gasteiger partial charge < -0.3 is 5.32 Å². The first kappa shape index (κ1) is 20.2. The lowest BCUT2D eigenvalue weighted by Gasteiger charge is -2.08. The Labute approximate surface area is 172 Å². The van der Waals surface area contributed by atoms with Crippen molar-refractivity contribution < 1.29 is 13.2 Å². The van der Waals surface area contributed by atoms with E-state index in [1.54, 1.807) is 23.6 Å². The molecule has 3 rings (SSSR count). The van der Waals surface area contributed by atoms with Crippen LogP contribution in [0.1, 0.15) is 10.6 Å². The molecule has 28 heavy (non-hydrogen) atoms. The Morgan fingerprint density at radius 1 is 1.14 bits per heavy atom. The van der Waals surface area contributed by atoms with Gasteiger partial charge in [-0.3, -0.25) is 0 Å². The number of benzene rings is 2. The fraction of sp³-hybridized carbons (Fsp3) is 0.0526. The first-order valence-electron chi connectivity index (χ1n) is 7.73. The molecule has 2 aromatic carbocycles. The van der Waals surface area contributed by atoms with Gasteiger partial charge in [-0.25, -0.2) is 4.98 Å². The SMILES string of the molecule is N#CC(=CNc1cccc(C(F)(F)F)c1)c1nc(-c2ccc(Cl)c(Cl)c2)cs1. The van der Waals surface area contributed by atoms with Crippen molar-refractivity contribution in [2.24, 2.45) is 0 Å². The van der Waals surface area contributed by atoms with Crippen LogP contribution in [0.3, 0.4) is 0 Å². The lowest BCUT2D eigenvalue weighted by molar-refractivity contribution is -0.137. The number of nitrogens with one attached hydrogen (secondary N) is 1. The van der Waals surface area contributed by atoms with Crippen molar-refractivity contribution in [1.29, 1.82) is 5.26 Å². The van der Waals surface area contributed by atoms with E-state index in [9.17, 15) is 18.4 Å². The summed E-state index contributed by atoms with van der Waals surface area (Å²) < 4.78 is 38.4. The molecular formula is C19H10Cl2F3N3S. The fourth-order valence-electron chi connectivity index (χ4n) is 2.27. The van der Waals surface area contributed by atoms with Crippen LogP contribution in [0.5, 0.6) is 0 Å². The summed E-state index contributed by atoms with van der Waals surface area (Å²) in [5.74, 6) is 0. The van der Waals surface area contributed by atoms with Crippen LogP contribution < -0.4 is 5.32 Å². The number of anilines is 1. The molecular weight excluding hydrogens is 430 g/mol. The van der Waals surface area contributed by atoms with Gasteiger partial charge in [-0.1, -0.05) is 35.3 Å². The zero-order chi connectivity index (χ0) is 20.3. The van der Waals surface area contributed by atoms with Crippen LogP contribution in [-0.2, 0) is 6.18 Å². The molecule has 1 aromatic heterocycles. The standard InChI is InChI=1S/C19H10Cl2F3N3S/c20-15-5-4-11(6-16(15)21)17-10-28-18(27-17)12(8-25)9-26-14-3-1-2-13(7-14)19(22,23)24/h1-7,9-10,26H. The number of hydrogen-bond donors (Lipinski definition) is 1. The Bertz CT molecular complexity index is 1080. The highest BCUT2D eigenvalue weighted by atomic mass is 35.5. The maximum atomic E-state index is 12.8. The highest BCUT2D eigenvalue weighted by molar-refractivity contribution is 7.11. The van der Waals surface area contributed by atoms with Crippen LogP contribution >= 0.6 is 34.5 Å². The minimum Gasteiger partial charge on any atom is -0.360 e. The molecule has 0 aliphatic carbocycles. The average Bonchev–Trinajstić information content (AvgIpc) is 3.14. The van der Waals surface area contributed by atoms with Crippen LogP contribution in [0.25, 0.3) is 16.8 Å². The normalized spacial score (nSPS) is 11.9. The van der Waals surface area contributed by atoms with Crippen molar-refractivity contribution in [3.05, 3.63) is 74.7 Å². The summed E-state index contributed by atoms with van der Waals surface area (Å²) in [5, 5.41) is 15.1. The van der Waals surface area contributed by atoms with E-state index in [0.29, 0.717) is 20.7 Å². The Morgan fingerprint density at radius 2 is 1.93 bits per heavy atom. The minimum atomic E-state index is -4.44. The van der Waals surface area contributed by atoms with E-state index < -0.39 is 11.7 Å². The number of nitriles is 1. The summed E-state index contributed by atoms with van der Waals surface area (Å²) in [6.07, 6.45) is -3.11. The van der Waals surface area contributed by atoms with Crippen molar-refractivity contribution in [2.45, 2.75) is 6.18 Å². The van der Waals surface area contributed by atoms with E-state index in [4.69, 9.17) is 23.2 Å². The molecule has 0 bridgehead atoms. The first-order valence-corrected chi connectivity index (χ1v) is 9.37. The highest BCUT2D eigenvalue weighted by Crippen LogP contribution is 2.32. The molecule has 3 aromatic rings. The zero-order valence-electron chi connectivity index (χ0n) is 13.9. The lowest BCUT2D eigenvalue weighted by atomic mass is 10.2. The largest absolute Gasteiger partial charge is 0.416 e. The minimum absolute atomic E-state index is 0.189. The highest BCUT2D eigenvalue weighted by Gasteiger charge is 2.30. The maximum Gasteiger partial charge on any atom is 0.416 e. The van der Waals surface area contributed by atoms with Gasteiger partial charge in [0, 0.05) is 22.8 Å². The van der Waals surface area contributed by atoms with Gasteiger partial charge in [0.25, 0.3) is 0 Å². The van der Waals surface area contributed by atoms with Gasteiger partial charge in [0.1, 0.15) is 16.6 Å². The number of nitrogens with zero attached hydrogens (tertiary/aromatic N) is 2. The number of allylic oxidation sites excluding steroid dienone is 1. The predicted octanol–water partition coefficient (Wildman–Crippen LogP) is 7.11. The second kappa shape index (κ2) is 8.23. The topological polar surface area (TPSA) is 48.7 Å². The Kier molecular flexibility index (Phi) is 5.94. The molecule has 0 aliphatic rings. The number of hydrogen-bond acceptors (Lipinski definition) is 4. The number of halogens is 5. The van der Waals surface area contributed by atoms with Gasteiger partial charge in [-0.2, -0.15) is 18.4 Å². The predicted molar refractivity (Wildman–Crippen MR) is 106 cm³/mol. The van der Waals surface area contributed by atoms with E-state index in [1.807, 2.05) is 6.07 Å². The van der Waals surface area contributed by atoms with Crippen molar-refractivity contribution in [3.8, 4) is 17.3 Å². The van der Waals surface area contributed by atoms with Crippen molar-refractivity contribution >= 4 is 45.8 Å². The second-order valence-corrected chi connectivity index (χ2v) is 7.23. The molecule has 0 amide bonds. The number of rotatable bonds is 4. The second-order valence-electron chi connectivity index (χ2n) is 5.56. The first-order chi connectivity index (χ1) is 13.3. The summed E-state index contributed by atoms with van der Waals surface area (Å²) in [7, 11) is 0. The fourth-order valence-corrected chi connectivity index (χ4v) is 3.36. The third-order valence-corrected chi connectivity index (χ3v) is 5.26. The maximum absolute atomic E-state index is 12.8. The average molecular weight is 440 g/mol. The van der Waals surface area contributed by atoms with Crippen LogP contribution in [-0.4, -0.2) is 4.98 Å². The molecule has 142 valence electrons. The van der Waals surface area contributed by atoms with E-state index in [2.05, 4.69) is 10.3 Å². The number of thiazole rings is 1. The van der Waals surface area contributed by atoms with E-state index >= 15 is 0 Å². The van der Waals surface area contributed by atoms with Gasteiger partial charge in [0.15, 0.2) is 0 Å². The molecule has 0 spiro atoms. The smallest absolute Gasteiger partial charge is 0.360 e. The summed E-state index contributed by atoms with van der Waals surface area (Å²) >= 11 is 13.1. The molecule has 0 atom stereocenters. The van der Waals surface area contributed by atoms with Crippen molar-refractivity contribution in [1.82, 2.24) is 4.98 Å². The van der Waals surface area contributed by atoms with Gasteiger partial charge in [-0.05, 0) is 30.3 Å². The lowest BCUT2D eigenvalue weighted by Crippen LogP contribution is -2.05. The zero-order valence-corrected chi connectivity index (χ0v) is 16.2. The number of aromatic nitrogens is 1. The third-order valence-electron chi connectivity index (χ3n) is 3.64. The van der Waals surface area contributed by atoms with E-state index in [0.717, 1.165) is 17.7 Å². The molecule has 3 nitrogen and oxygen atoms in total. The molecule has 0 saturated heterocycles. The van der Waals surface area contributed by atoms with E-state index in [1.165, 1.54) is 29.7 Å². The van der Waals surface area contributed by atoms with Gasteiger partial charge >= 0.3 is 6.18 Å². The molecule has 0 unspecified atom stereocenters. The summed E-state index contributed by atoms with van der Waals surface area (Å²) in [5.41, 5.74) is 0.969. The molecule has 1 N–H and O–H groups in total. The molecule has 0 saturated carbocycles. The summed E-state index contributed by atoms with van der Waals surface area (Å²) in [4.78, 5) is 4.40. The molecule has 9 heteroatoms. The Morgan fingerprint density at radius 3 is 2.61 bits per heavy atom. The molecule has 0 radical (unpaired) electrons. The van der Waals surface area contributed by atoms with Crippen LogP contribution in [0.15, 0.2) is 54.0 Å². The van der Waals surface area contributed by atoms with Crippen molar-refractivity contribution in [3.63, 3.8) is 0 Å². The summed E-state index contributed by atoms with van der Waals surface area (Å²) in [6.45, 7) is 0.